The number of Topliss-reactive ketones (excluding diaryl/α,β-unsaturated/α-hetero) is 2. The van der Waals surface area contributed by atoms with Crippen LogP contribution in [0.15, 0.2) is 72.9 Å². The van der Waals surface area contributed by atoms with Crippen LogP contribution in [0.1, 0.15) is 252 Å². The number of hydrogen-bond acceptors (Lipinski definition) is 4. The number of carbonyl (C=O) groups excluding carboxylic acids is 2. The molecule has 0 bridgehead atoms. The van der Waals surface area contributed by atoms with Crippen LogP contribution in [-0.4, -0.2) is 49.8 Å². The van der Waals surface area contributed by atoms with Gasteiger partial charge in [0, 0.05) is 26.0 Å². The summed E-state index contributed by atoms with van der Waals surface area (Å²) in [7, 11) is 4.03. The Labute approximate surface area is 393 Å². The van der Waals surface area contributed by atoms with Crippen molar-refractivity contribution in [2.45, 2.75) is 258 Å². The summed E-state index contributed by atoms with van der Waals surface area (Å²) in [6, 6.07) is 0. The minimum Gasteiger partial charge on any atom is -0.370 e. The SMILES string of the molecule is CCCCC/C=C\C/C=C\CCCCCCCCOC(C(=O)CCCCCCC/C=C\C/C=C\CCCCC)C(CN(C)C)C(=O)CCCCCCC/C=C\C/C=C\CCCCC. The third-order valence-electron chi connectivity index (χ3n) is 12.0. The lowest BCUT2D eigenvalue weighted by molar-refractivity contribution is -0.143. The van der Waals surface area contributed by atoms with Gasteiger partial charge in [-0.15, -0.1) is 0 Å². The molecule has 0 aliphatic heterocycles. The molecule has 0 aliphatic carbocycles. The zero-order chi connectivity index (χ0) is 45.9. The Morgan fingerprint density at radius 2 is 0.683 bits per heavy atom. The molecule has 0 N–H and O–H groups in total. The molecule has 0 aliphatic rings. The number of nitrogens with zero attached hydrogens (tertiary/aromatic N) is 1. The first-order valence-electron chi connectivity index (χ1n) is 27.2. The van der Waals surface area contributed by atoms with Crippen molar-refractivity contribution < 1.29 is 14.3 Å². The molecule has 0 amide bonds. The van der Waals surface area contributed by atoms with Gasteiger partial charge in [0.15, 0.2) is 5.78 Å². The second kappa shape index (κ2) is 50.7. The molecule has 4 heteroatoms. The Hall–Kier alpha value is -2.30. The largest absolute Gasteiger partial charge is 0.370 e. The van der Waals surface area contributed by atoms with E-state index in [4.69, 9.17) is 4.74 Å². The van der Waals surface area contributed by atoms with Gasteiger partial charge in [-0.1, -0.05) is 196 Å². The molecule has 0 aromatic rings. The highest BCUT2D eigenvalue weighted by Crippen LogP contribution is 2.21. The normalized spacial score (nSPS) is 13.5. The molecular formula is C59H105NO3. The van der Waals surface area contributed by atoms with Crippen LogP contribution < -0.4 is 0 Å². The number of rotatable bonds is 49. The van der Waals surface area contributed by atoms with Crippen LogP contribution >= 0.6 is 0 Å². The quantitative estimate of drug-likeness (QED) is 0.0451. The van der Waals surface area contributed by atoms with E-state index in [1.807, 2.05) is 14.1 Å². The summed E-state index contributed by atoms with van der Waals surface area (Å²) >= 11 is 0. The highest BCUT2D eigenvalue weighted by Gasteiger charge is 2.34. The Kier molecular flexibility index (Phi) is 48.8. The van der Waals surface area contributed by atoms with Crippen molar-refractivity contribution in [3.8, 4) is 0 Å². The van der Waals surface area contributed by atoms with Gasteiger partial charge in [0.1, 0.15) is 11.9 Å². The maximum Gasteiger partial charge on any atom is 0.162 e. The van der Waals surface area contributed by atoms with Crippen LogP contribution in [0.25, 0.3) is 0 Å². The summed E-state index contributed by atoms with van der Waals surface area (Å²) in [6.07, 6.45) is 68.3. The molecule has 0 radical (unpaired) electrons. The fourth-order valence-corrected chi connectivity index (χ4v) is 8.04. The van der Waals surface area contributed by atoms with Crippen molar-refractivity contribution in [1.29, 1.82) is 0 Å². The molecule has 0 fully saturated rings. The standard InChI is InChI=1S/C59H105NO3/c1-6-9-12-15-18-21-24-27-30-33-36-39-42-45-48-51-54-63-59(58(62)53-50-47-44-41-38-35-32-29-26-23-20-17-14-11-8-3)56(55-60(4)5)57(61)52-49-46-43-40-37-34-31-28-25-22-19-16-13-10-7-2/h18-23,27-32,56,59H,6-17,24-26,33-55H2,1-5H3/b21-18-,22-19-,23-20-,30-27-,31-28-,32-29-. The molecule has 0 aromatic heterocycles. The highest BCUT2D eigenvalue weighted by molar-refractivity contribution is 5.91. The van der Waals surface area contributed by atoms with Crippen LogP contribution in [0.5, 0.6) is 0 Å². The van der Waals surface area contributed by atoms with Crippen LogP contribution in [0.2, 0.25) is 0 Å². The van der Waals surface area contributed by atoms with Crippen molar-refractivity contribution in [2.75, 3.05) is 27.2 Å². The van der Waals surface area contributed by atoms with Gasteiger partial charge in [0.05, 0.1) is 5.92 Å². The second-order valence-corrected chi connectivity index (χ2v) is 18.6. The maximum absolute atomic E-state index is 13.9. The van der Waals surface area contributed by atoms with Crippen molar-refractivity contribution in [2.24, 2.45) is 5.92 Å². The highest BCUT2D eigenvalue weighted by atomic mass is 16.5. The summed E-state index contributed by atoms with van der Waals surface area (Å²) in [5.41, 5.74) is 0. The Balaban J connectivity index is 4.84. The molecule has 0 saturated carbocycles. The molecule has 0 aromatic carbocycles. The van der Waals surface area contributed by atoms with Crippen LogP contribution in [0.4, 0.5) is 0 Å². The van der Waals surface area contributed by atoms with E-state index < -0.39 is 6.10 Å². The summed E-state index contributed by atoms with van der Waals surface area (Å²) in [4.78, 5) is 29.8. The number of carbonyl (C=O) groups is 2. The van der Waals surface area contributed by atoms with Crippen molar-refractivity contribution in [3.05, 3.63) is 72.9 Å². The van der Waals surface area contributed by atoms with Crippen molar-refractivity contribution >= 4 is 11.6 Å². The van der Waals surface area contributed by atoms with E-state index in [1.54, 1.807) is 0 Å². The lowest BCUT2D eigenvalue weighted by Crippen LogP contribution is -2.43. The van der Waals surface area contributed by atoms with Gasteiger partial charge in [-0.3, -0.25) is 9.59 Å². The van der Waals surface area contributed by atoms with Crippen LogP contribution in [0, 0.1) is 5.92 Å². The first-order valence-corrected chi connectivity index (χ1v) is 27.2. The molecule has 2 unspecified atom stereocenters. The summed E-state index contributed by atoms with van der Waals surface area (Å²) < 4.78 is 6.48. The van der Waals surface area contributed by atoms with E-state index >= 15 is 0 Å². The Bertz CT molecular complexity index is 1160. The van der Waals surface area contributed by atoms with Gasteiger partial charge >= 0.3 is 0 Å². The minimum atomic E-state index is -0.623. The van der Waals surface area contributed by atoms with Gasteiger partial charge < -0.3 is 9.64 Å². The monoisotopic (exact) mass is 876 g/mol. The van der Waals surface area contributed by atoms with E-state index in [-0.39, 0.29) is 17.5 Å². The molecule has 0 saturated heterocycles. The van der Waals surface area contributed by atoms with E-state index in [0.29, 0.717) is 26.0 Å². The van der Waals surface area contributed by atoms with Crippen LogP contribution in [-0.2, 0) is 14.3 Å². The van der Waals surface area contributed by atoms with E-state index in [1.165, 1.54) is 135 Å². The topological polar surface area (TPSA) is 46.6 Å². The first kappa shape index (κ1) is 60.7. The summed E-state index contributed by atoms with van der Waals surface area (Å²) in [6.45, 7) is 7.90. The third-order valence-corrected chi connectivity index (χ3v) is 12.0. The fraction of sp³-hybridized carbons (Fsp3) is 0.763. The van der Waals surface area contributed by atoms with Crippen molar-refractivity contribution in [3.63, 3.8) is 0 Å². The molecule has 63 heavy (non-hydrogen) atoms. The van der Waals surface area contributed by atoms with Gasteiger partial charge in [0.2, 0.25) is 0 Å². The number of hydrogen-bond donors (Lipinski definition) is 0. The molecule has 0 heterocycles. The average Bonchev–Trinajstić information content (AvgIpc) is 3.27. The Morgan fingerprint density at radius 3 is 1.03 bits per heavy atom. The van der Waals surface area contributed by atoms with Gasteiger partial charge in [0.25, 0.3) is 0 Å². The number of unbranched alkanes of at least 4 members (excludes halogenated alkanes) is 25. The predicted molar refractivity (Wildman–Crippen MR) is 280 cm³/mol. The van der Waals surface area contributed by atoms with Crippen LogP contribution in [0.3, 0.4) is 0 Å². The smallest absolute Gasteiger partial charge is 0.162 e. The predicted octanol–water partition coefficient (Wildman–Crippen LogP) is 18.1. The summed E-state index contributed by atoms with van der Waals surface area (Å²) in [5.74, 6) is -0.0355. The average molecular weight is 876 g/mol. The first-order chi connectivity index (χ1) is 31.0. The fourth-order valence-electron chi connectivity index (χ4n) is 8.04. The van der Waals surface area contributed by atoms with Gasteiger partial charge in [-0.2, -0.15) is 0 Å². The van der Waals surface area contributed by atoms with E-state index in [0.717, 1.165) is 83.5 Å². The minimum absolute atomic E-state index is 0.140. The molecule has 364 valence electrons. The molecule has 0 rings (SSSR count). The number of ether oxygens (including phenoxy) is 1. The maximum atomic E-state index is 13.9. The molecule has 0 spiro atoms. The zero-order valence-corrected chi connectivity index (χ0v) is 42.6. The van der Waals surface area contributed by atoms with Gasteiger partial charge in [-0.25, -0.2) is 0 Å². The molecule has 2 atom stereocenters. The summed E-state index contributed by atoms with van der Waals surface area (Å²) in [5, 5.41) is 0. The van der Waals surface area contributed by atoms with E-state index in [9.17, 15) is 9.59 Å². The van der Waals surface area contributed by atoms with Crippen molar-refractivity contribution in [1.82, 2.24) is 4.90 Å². The van der Waals surface area contributed by atoms with Gasteiger partial charge in [-0.05, 0) is 130 Å². The van der Waals surface area contributed by atoms with E-state index in [2.05, 4.69) is 98.6 Å². The lowest BCUT2D eigenvalue weighted by Gasteiger charge is -2.28. The zero-order valence-electron chi connectivity index (χ0n) is 42.6. The Morgan fingerprint density at radius 1 is 0.381 bits per heavy atom. The second-order valence-electron chi connectivity index (χ2n) is 18.6. The number of allylic oxidation sites excluding steroid dienone is 12. The molecular weight excluding hydrogens is 771 g/mol. The number of ketones is 2. The lowest BCUT2D eigenvalue weighted by atomic mass is 9.88. The molecule has 4 nitrogen and oxygen atoms in total. The third kappa shape index (κ3) is 44.7.